The van der Waals surface area contributed by atoms with Crippen LogP contribution in [-0.2, 0) is 13.2 Å². The molecule has 1 aliphatic heterocycles. The van der Waals surface area contributed by atoms with E-state index in [-0.39, 0.29) is 13.2 Å². The highest BCUT2D eigenvalue weighted by molar-refractivity contribution is 5.86. The van der Waals surface area contributed by atoms with Crippen molar-refractivity contribution in [3.8, 4) is 11.1 Å². The van der Waals surface area contributed by atoms with Crippen LogP contribution >= 0.6 is 0 Å². The lowest BCUT2D eigenvalue weighted by molar-refractivity contribution is 0.152. The van der Waals surface area contributed by atoms with Crippen molar-refractivity contribution in [1.29, 1.82) is 0 Å². The second-order valence-corrected chi connectivity index (χ2v) is 6.90. The molecule has 4 heteroatoms. The van der Waals surface area contributed by atoms with E-state index in [9.17, 15) is 10.2 Å². The molecule has 1 aromatic heterocycles. The Labute approximate surface area is 147 Å². The molecule has 0 amide bonds. The second-order valence-electron chi connectivity index (χ2n) is 6.90. The zero-order valence-electron chi connectivity index (χ0n) is 14.3. The smallest absolute Gasteiger partial charge is 0.0682 e. The van der Waals surface area contributed by atoms with Crippen molar-refractivity contribution >= 4 is 10.9 Å². The summed E-state index contributed by atoms with van der Waals surface area (Å²) in [5.41, 5.74) is 5.53. The van der Waals surface area contributed by atoms with Gasteiger partial charge in [0.2, 0.25) is 0 Å². The number of hydrogen-bond donors (Lipinski definition) is 3. The zero-order chi connectivity index (χ0) is 17.2. The van der Waals surface area contributed by atoms with Crippen molar-refractivity contribution in [3.05, 3.63) is 59.8 Å². The highest BCUT2D eigenvalue weighted by atomic mass is 16.3. The summed E-state index contributed by atoms with van der Waals surface area (Å²) in [6.07, 6.45) is 2.25. The Kier molecular flexibility index (Phi) is 4.57. The van der Waals surface area contributed by atoms with Gasteiger partial charge in [-0.3, -0.25) is 4.90 Å². The average molecular weight is 336 g/mol. The molecule has 4 nitrogen and oxygen atoms in total. The minimum absolute atomic E-state index is 0.0618. The van der Waals surface area contributed by atoms with E-state index in [2.05, 4.69) is 40.2 Å². The molecule has 4 rings (SSSR count). The number of nitrogens with zero attached hydrogens (tertiary/aromatic N) is 1. The first-order valence-electron chi connectivity index (χ1n) is 8.93. The molecule has 3 N–H and O–H groups in total. The Balaban J connectivity index is 1.61. The van der Waals surface area contributed by atoms with E-state index in [0.717, 1.165) is 48.1 Å². The van der Waals surface area contributed by atoms with Crippen LogP contribution in [0.3, 0.4) is 0 Å². The van der Waals surface area contributed by atoms with Crippen molar-refractivity contribution < 1.29 is 10.2 Å². The van der Waals surface area contributed by atoms with Crippen molar-refractivity contribution in [2.75, 3.05) is 13.2 Å². The van der Waals surface area contributed by atoms with Crippen LogP contribution in [0.1, 0.15) is 24.1 Å². The third-order valence-corrected chi connectivity index (χ3v) is 5.20. The molecule has 1 fully saturated rings. The molecule has 25 heavy (non-hydrogen) atoms. The number of aromatic amines is 1. The van der Waals surface area contributed by atoms with Gasteiger partial charge < -0.3 is 15.2 Å². The molecule has 2 heterocycles. The zero-order valence-corrected chi connectivity index (χ0v) is 14.3. The number of rotatable bonds is 5. The summed E-state index contributed by atoms with van der Waals surface area (Å²) >= 11 is 0. The molecule has 130 valence electrons. The average Bonchev–Trinajstić information content (AvgIpc) is 3.27. The van der Waals surface area contributed by atoms with Gasteiger partial charge in [0.1, 0.15) is 0 Å². The summed E-state index contributed by atoms with van der Waals surface area (Å²) in [7, 11) is 0. The van der Waals surface area contributed by atoms with E-state index in [1.807, 2.05) is 18.2 Å². The minimum atomic E-state index is 0.0618. The van der Waals surface area contributed by atoms with Crippen LogP contribution in [0.4, 0.5) is 0 Å². The monoisotopic (exact) mass is 336 g/mol. The lowest BCUT2D eigenvalue weighted by Gasteiger charge is -2.21. The van der Waals surface area contributed by atoms with Crippen LogP contribution in [-0.4, -0.2) is 39.3 Å². The number of likely N-dealkylation sites (tertiary alicyclic amines) is 1. The maximum atomic E-state index is 9.49. The molecule has 0 spiro atoms. The van der Waals surface area contributed by atoms with E-state index in [0.29, 0.717) is 6.04 Å². The first-order valence-corrected chi connectivity index (χ1v) is 8.93. The van der Waals surface area contributed by atoms with Gasteiger partial charge >= 0.3 is 0 Å². The molecular weight excluding hydrogens is 312 g/mol. The van der Waals surface area contributed by atoms with Crippen LogP contribution in [0.5, 0.6) is 0 Å². The molecular formula is C21H24N2O2. The quantitative estimate of drug-likeness (QED) is 0.670. The summed E-state index contributed by atoms with van der Waals surface area (Å²) in [5, 5.41) is 20.0. The second kappa shape index (κ2) is 7.00. The Hall–Kier alpha value is -2.14. The first-order chi connectivity index (χ1) is 12.3. The van der Waals surface area contributed by atoms with Gasteiger partial charge in [0.05, 0.1) is 13.2 Å². The number of nitrogens with one attached hydrogen (secondary N) is 1. The molecule has 0 bridgehead atoms. The lowest BCUT2D eigenvalue weighted by atomic mass is 10.0. The fraction of sp³-hybridized carbons (Fsp3) is 0.333. The van der Waals surface area contributed by atoms with Gasteiger partial charge in [0.15, 0.2) is 0 Å². The maximum Gasteiger partial charge on any atom is 0.0682 e. The molecule has 0 aliphatic carbocycles. The van der Waals surface area contributed by atoms with E-state index in [1.54, 1.807) is 0 Å². The topological polar surface area (TPSA) is 59.5 Å². The number of aliphatic hydroxyl groups excluding tert-OH is 2. The number of benzene rings is 2. The van der Waals surface area contributed by atoms with Crippen LogP contribution in [0.2, 0.25) is 0 Å². The fourth-order valence-corrected chi connectivity index (χ4v) is 3.84. The summed E-state index contributed by atoms with van der Waals surface area (Å²) in [6.45, 7) is 2.22. The molecule has 1 aliphatic rings. The molecule has 1 saturated heterocycles. The molecule has 0 radical (unpaired) electrons. The van der Waals surface area contributed by atoms with Gasteiger partial charge in [-0.2, -0.15) is 0 Å². The standard InChI is InChI=1S/C21H24N2O2/c24-13-15-3-1-4-16(9-15)17-6-7-21-18(10-17)11-19(22-21)12-23-8-2-5-20(23)14-25/h1,3-4,6-7,9-11,20,22,24-25H,2,5,8,12-14H2. The number of H-pyrrole nitrogens is 1. The van der Waals surface area contributed by atoms with Gasteiger partial charge in [-0.1, -0.05) is 24.3 Å². The molecule has 2 aromatic carbocycles. The molecule has 3 aromatic rings. The Morgan fingerprint density at radius 2 is 1.92 bits per heavy atom. The van der Waals surface area contributed by atoms with Gasteiger partial charge in [-0.15, -0.1) is 0 Å². The highest BCUT2D eigenvalue weighted by Gasteiger charge is 2.23. The highest BCUT2D eigenvalue weighted by Crippen LogP contribution is 2.27. The SMILES string of the molecule is OCc1cccc(-c2ccc3[nH]c(CN4CCCC4CO)cc3c2)c1. The van der Waals surface area contributed by atoms with Gasteiger partial charge in [-0.25, -0.2) is 0 Å². The maximum absolute atomic E-state index is 9.49. The van der Waals surface area contributed by atoms with E-state index >= 15 is 0 Å². The van der Waals surface area contributed by atoms with Gasteiger partial charge in [-0.05, 0) is 60.3 Å². The summed E-state index contributed by atoms with van der Waals surface area (Å²) in [4.78, 5) is 5.86. The summed E-state index contributed by atoms with van der Waals surface area (Å²) < 4.78 is 0. The lowest BCUT2D eigenvalue weighted by Crippen LogP contribution is -2.31. The molecule has 1 atom stereocenters. The van der Waals surface area contributed by atoms with Crippen molar-refractivity contribution in [1.82, 2.24) is 9.88 Å². The van der Waals surface area contributed by atoms with E-state index in [4.69, 9.17) is 0 Å². The minimum Gasteiger partial charge on any atom is -0.395 e. The predicted octanol–water partition coefficient (Wildman–Crippen LogP) is 3.28. The Morgan fingerprint density at radius 3 is 2.76 bits per heavy atom. The summed E-state index contributed by atoms with van der Waals surface area (Å²) in [5.74, 6) is 0. The van der Waals surface area contributed by atoms with Crippen LogP contribution in [0.15, 0.2) is 48.5 Å². The number of hydrogen-bond acceptors (Lipinski definition) is 3. The number of fused-ring (bicyclic) bond motifs is 1. The van der Waals surface area contributed by atoms with Crippen molar-refractivity contribution in [3.63, 3.8) is 0 Å². The van der Waals surface area contributed by atoms with E-state index < -0.39 is 0 Å². The predicted molar refractivity (Wildman–Crippen MR) is 100 cm³/mol. The largest absolute Gasteiger partial charge is 0.395 e. The van der Waals surface area contributed by atoms with E-state index in [1.165, 1.54) is 11.1 Å². The Morgan fingerprint density at radius 1 is 1.04 bits per heavy atom. The van der Waals surface area contributed by atoms with Crippen LogP contribution in [0.25, 0.3) is 22.0 Å². The van der Waals surface area contributed by atoms with Gasteiger partial charge in [0.25, 0.3) is 0 Å². The Bertz CT molecular complexity index is 871. The van der Waals surface area contributed by atoms with Crippen LogP contribution in [0, 0.1) is 0 Å². The third kappa shape index (κ3) is 3.33. The van der Waals surface area contributed by atoms with Crippen molar-refractivity contribution in [2.24, 2.45) is 0 Å². The molecule has 1 unspecified atom stereocenters. The normalized spacial score (nSPS) is 18.2. The van der Waals surface area contributed by atoms with Crippen molar-refractivity contribution in [2.45, 2.75) is 32.0 Å². The third-order valence-electron chi connectivity index (χ3n) is 5.20. The van der Waals surface area contributed by atoms with Crippen LogP contribution < -0.4 is 0 Å². The summed E-state index contributed by atoms with van der Waals surface area (Å²) in [6, 6.07) is 17.0. The van der Waals surface area contributed by atoms with Gasteiger partial charge in [0, 0.05) is 29.2 Å². The number of aliphatic hydroxyl groups is 2. The number of aromatic nitrogens is 1. The molecule has 0 saturated carbocycles. The fourth-order valence-electron chi connectivity index (χ4n) is 3.84. The first kappa shape index (κ1) is 16.3.